The molecule has 5 heteroatoms. The van der Waals surface area contributed by atoms with Gasteiger partial charge in [0.1, 0.15) is 5.75 Å². The Morgan fingerprint density at radius 2 is 1.70 bits per heavy atom. The molecular formula is C15H14BrF2NO. The van der Waals surface area contributed by atoms with E-state index in [0.29, 0.717) is 0 Å². The van der Waals surface area contributed by atoms with Crippen molar-refractivity contribution in [3.8, 4) is 5.75 Å². The van der Waals surface area contributed by atoms with Gasteiger partial charge in [0.05, 0.1) is 0 Å². The fraction of sp³-hybridized carbons (Fsp3) is 0.200. The van der Waals surface area contributed by atoms with E-state index in [2.05, 4.69) is 26.0 Å². The number of para-hydroxylation sites is 1. The summed E-state index contributed by atoms with van der Waals surface area (Å²) < 4.78 is 29.4. The second-order valence-electron chi connectivity index (χ2n) is 4.29. The Bertz CT molecular complexity index is 560. The lowest BCUT2D eigenvalue weighted by Gasteiger charge is -2.17. The molecule has 0 radical (unpaired) electrons. The zero-order valence-corrected chi connectivity index (χ0v) is 12.4. The minimum atomic E-state index is -2.79. The largest absolute Gasteiger partial charge is 0.435 e. The van der Waals surface area contributed by atoms with Crippen LogP contribution >= 0.6 is 15.9 Å². The lowest BCUT2D eigenvalue weighted by atomic mass is 10.1. The summed E-state index contributed by atoms with van der Waals surface area (Å²) in [5.74, 6) is 0.164. The SMILES string of the molecule is CC(Nc1ccccc1Br)c1ccc(OC(F)F)cc1. The maximum atomic E-state index is 12.1. The van der Waals surface area contributed by atoms with Gasteiger partial charge >= 0.3 is 6.61 Å². The molecule has 0 aliphatic heterocycles. The third kappa shape index (κ3) is 3.93. The lowest BCUT2D eigenvalue weighted by Crippen LogP contribution is -2.07. The average Bonchev–Trinajstić information content (AvgIpc) is 2.41. The first kappa shape index (κ1) is 14.8. The number of benzene rings is 2. The number of hydrogen-bond donors (Lipinski definition) is 1. The Hall–Kier alpha value is -1.62. The van der Waals surface area contributed by atoms with Gasteiger partial charge in [-0.05, 0) is 52.7 Å². The quantitative estimate of drug-likeness (QED) is 0.804. The molecule has 1 N–H and O–H groups in total. The molecule has 2 nitrogen and oxygen atoms in total. The second kappa shape index (κ2) is 6.70. The normalized spacial score (nSPS) is 12.2. The van der Waals surface area contributed by atoms with Crippen molar-refractivity contribution in [1.82, 2.24) is 0 Å². The molecule has 0 aliphatic carbocycles. The first-order valence-corrected chi connectivity index (χ1v) is 6.91. The number of hydrogen-bond acceptors (Lipinski definition) is 2. The van der Waals surface area contributed by atoms with Crippen molar-refractivity contribution < 1.29 is 13.5 Å². The van der Waals surface area contributed by atoms with Crippen LogP contribution in [0, 0.1) is 0 Å². The van der Waals surface area contributed by atoms with Crippen molar-refractivity contribution in [3.63, 3.8) is 0 Å². The summed E-state index contributed by atoms with van der Waals surface area (Å²) in [6.45, 7) is -0.792. The van der Waals surface area contributed by atoms with Crippen LogP contribution in [-0.2, 0) is 0 Å². The first-order valence-electron chi connectivity index (χ1n) is 6.12. The molecule has 0 aliphatic rings. The van der Waals surface area contributed by atoms with Crippen molar-refractivity contribution in [1.29, 1.82) is 0 Å². The maximum absolute atomic E-state index is 12.1. The summed E-state index contributed by atoms with van der Waals surface area (Å²) in [4.78, 5) is 0. The van der Waals surface area contributed by atoms with Crippen LogP contribution in [0.25, 0.3) is 0 Å². The van der Waals surface area contributed by atoms with E-state index in [9.17, 15) is 8.78 Å². The Labute approximate surface area is 124 Å². The second-order valence-corrected chi connectivity index (χ2v) is 5.15. The lowest BCUT2D eigenvalue weighted by molar-refractivity contribution is -0.0498. The molecule has 2 rings (SSSR count). The van der Waals surface area contributed by atoms with Gasteiger partial charge in [0.15, 0.2) is 0 Å². The van der Waals surface area contributed by atoms with E-state index in [0.717, 1.165) is 15.7 Å². The van der Waals surface area contributed by atoms with Crippen LogP contribution < -0.4 is 10.1 Å². The highest BCUT2D eigenvalue weighted by atomic mass is 79.9. The number of ether oxygens (including phenoxy) is 1. The number of anilines is 1. The molecule has 106 valence electrons. The monoisotopic (exact) mass is 341 g/mol. The number of rotatable bonds is 5. The molecule has 20 heavy (non-hydrogen) atoms. The first-order chi connectivity index (χ1) is 9.56. The van der Waals surface area contributed by atoms with Crippen LogP contribution in [0.2, 0.25) is 0 Å². The molecule has 0 saturated heterocycles. The molecule has 0 spiro atoms. The molecule has 0 heterocycles. The van der Waals surface area contributed by atoms with Gasteiger partial charge < -0.3 is 10.1 Å². The molecule has 1 unspecified atom stereocenters. The van der Waals surface area contributed by atoms with Gasteiger partial charge in [-0.3, -0.25) is 0 Å². The smallest absolute Gasteiger partial charge is 0.387 e. The molecule has 0 fully saturated rings. The van der Waals surface area contributed by atoms with E-state index in [1.54, 1.807) is 24.3 Å². The summed E-state index contributed by atoms with van der Waals surface area (Å²) in [5.41, 5.74) is 1.97. The van der Waals surface area contributed by atoms with Crippen molar-refractivity contribution in [2.75, 3.05) is 5.32 Å². The topological polar surface area (TPSA) is 21.3 Å². The van der Waals surface area contributed by atoms with Crippen molar-refractivity contribution in [3.05, 3.63) is 58.6 Å². The van der Waals surface area contributed by atoms with Gasteiger partial charge in [-0.25, -0.2) is 0 Å². The van der Waals surface area contributed by atoms with E-state index in [1.807, 2.05) is 31.2 Å². The Balaban J connectivity index is 2.06. The molecule has 0 saturated carbocycles. The van der Waals surface area contributed by atoms with Crippen LogP contribution in [0.4, 0.5) is 14.5 Å². The minimum Gasteiger partial charge on any atom is -0.435 e. The molecule has 0 bridgehead atoms. The molecule has 0 aromatic heterocycles. The molecule has 2 aromatic carbocycles. The summed E-state index contributed by atoms with van der Waals surface area (Å²) in [6, 6.07) is 14.5. The van der Waals surface area contributed by atoms with Crippen LogP contribution in [0.1, 0.15) is 18.5 Å². The number of alkyl halides is 2. The Morgan fingerprint density at radius 3 is 2.30 bits per heavy atom. The standard InChI is InChI=1S/C15H14BrF2NO/c1-10(19-14-5-3-2-4-13(14)16)11-6-8-12(9-7-11)20-15(17)18/h2-10,15,19H,1H3. The van der Waals surface area contributed by atoms with Gasteiger partial charge in [0, 0.05) is 16.2 Å². The van der Waals surface area contributed by atoms with Crippen molar-refractivity contribution in [2.24, 2.45) is 0 Å². The maximum Gasteiger partial charge on any atom is 0.387 e. The zero-order chi connectivity index (χ0) is 14.5. The van der Waals surface area contributed by atoms with Gasteiger partial charge in [-0.2, -0.15) is 8.78 Å². The summed E-state index contributed by atoms with van der Waals surface area (Å²) in [5, 5.41) is 3.35. The highest BCUT2D eigenvalue weighted by Crippen LogP contribution is 2.27. The Kier molecular flexibility index (Phi) is 4.95. The summed E-state index contributed by atoms with van der Waals surface area (Å²) >= 11 is 3.47. The van der Waals surface area contributed by atoms with Crippen LogP contribution in [0.15, 0.2) is 53.0 Å². The third-order valence-corrected chi connectivity index (χ3v) is 3.54. The summed E-state index contributed by atoms with van der Waals surface area (Å²) in [6.07, 6.45) is 0. The van der Waals surface area contributed by atoms with Crippen molar-refractivity contribution in [2.45, 2.75) is 19.6 Å². The fourth-order valence-corrected chi connectivity index (χ4v) is 2.23. The highest BCUT2D eigenvalue weighted by Gasteiger charge is 2.09. The number of nitrogens with one attached hydrogen (secondary N) is 1. The number of halogens is 3. The molecule has 2 aromatic rings. The van der Waals surface area contributed by atoms with Crippen LogP contribution in [0.5, 0.6) is 5.75 Å². The zero-order valence-electron chi connectivity index (χ0n) is 10.8. The Morgan fingerprint density at radius 1 is 1.05 bits per heavy atom. The van der Waals surface area contributed by atoms with Gasteiger partial charge in [-0.1, -0.05) is 24.3 Å². The molecule has 1 atom stereocenters. The van der Waals surface area contributed by atoms with Gasteiger partial charge in [0.2, 0.25) is 0 Å². The minimum absolute atomic E-state index is 0.0503. The average molecular weight is 342 g/mol. The predicted octanol–water partition coefficient (Wildman–Crippen LogP) is 5.22. The van der Waals surface area contributed by atoms with Gasteiger partial charge in [0.25, 0.3) is 0 Å². The van der Waals surface area contributed by atoms with Crippen LogP contribution in [0.3, 0.4) is 0 Å². The van der Waals surface area contributed by atoms with Crippen LogP contribution in [-0.4, -0.2) is 6.61 Å². The third-order valence-electron chi connectivity index (χ3n) is 2.85. The van der Waals surface area contributed by atoms with E-state index in [4.69, 9.17) is 0 Å². The highest BCUT2D eigenvalue weighted by molar-refractivity contribution is 9.10. The predicted molar refractivity (Wildman–Crippen MR) is 79.3 cm³/mol. The van der Waals surface area contributed by atoms with Crippen molar-refractivity contribution >= 4 is 21.6 Å². The molecular weight excluding hydrogens is 328 g/mol. The van der Waals surface area contributed by atoms with E-state index in [-0.39, 0.29) is 11.8 Å². The fourth-order valence-electron chi connectivity index (χ4n) is 1.83. The van der Waals surface area contributed by atoms with E-state index >= 15 is 0 Å². The van der Waals surface area contributed by atoms with E-state index in [1.165, 1.54) is 0 Å². The molecule has 0 amide bonds. The van der Waals surface area contributed by atoms with Gasteiger partial charge in [-0.15, -0.1) is 0 Å². The summed E-state index contributed by atoms with van der Waals surface area (Å²) in [7, 11) is 0. The van der Waals surface area contributed by atoms with E-state index < -0.39 is 6.61 Å².